The molecule has 2 aromatic carbocycles. The minimum Gasteiger partial charge on any atom is -0.493 e. The van der Waals surface area contributed by atoms with Gasteiger partial charge in [-0.15, -0.1) is 5.10 Å². The lowest BCUT2D eigenvalue weighted by Gasteiger charge is -2.12. The largest absolute Gasteiger partial charge is 0.493 e. The van der Waals surface area contributed by atoms with Crippen molar-refractivity contribution in [1.82, 2.24) is 15.0 Å². The number of nitrogens with one attached hydrogen (secondary N) is 1. The highest BCUT2D eigenvalue weighted by Gasteiger charge is 2.17. The third kappa shape index (κ3) is 4.44. The molecular formula is C20H22N4O3. The van der Waals surface area contributed by atoms with Gasteiger partial charge in [-0.3, -0.25) is 4.79 Å². The molecule has 0 bridgehead atoms. The lowest BCUT2D eigenvalue weighted by atomic mass is 10.3. The number of anilines is 1. The summed E-state index contributed by atoms with van der Waals surface area (Å²) in [5.74, 6) is 1.87. The Balaban J connectivity index is 1.62. The first-order valence-electron chi connectivity index (χ1n) is 8.72. The van der Waals surface area contributed by atoms with Crippen LogP contribution >= 0.6 is 0 Å². The molecule has 0 saturated heterocycles. The molecule has 0 spiro atoms. The summed E-state index contributed by atoms with van der Waals surface area (Å²) in [5, 5.41) is 11.4. The molecule has 140 valence electrons. The molecule has 3 rings (SSSR count). The van der Waals surface area contributed by atoms with E-state index in [2.05, 4.69) is 15.6 Å². The van der Waals surface area contributed by atoms with Crippen molar-refractivity contribution < 1.29 is 14.3 Å². The summed E-state index contributed by atoms with van der Waals surface area (Å²) in [6.07, 6.45) is 0.732. The van der Waals surface area contributed by atoms with E-state index in [-0.39, 0.29) is 5.78 Å². The minimum atomic E-state index is -0.134. The molecule has 0 aliphatic carbocycles. The quantitative estimate of drug-likeness (QED) is 0.462. The van der Waals surface area contributed by atoms with Gasteiger partial charge in [0.15, 0.2) is 28.8 Å². The molecular weight excluding hydrogens is 344 g/mol. The first kappa shape index (κ1) is 18.4. The Morgan fingerprint density at radius 1 is 1.07 bits per heavy atom. The number of carbonyl (C=O) groups excluding carboxylic acids is 1. The van der Waals surface area contributed by atoms with Crippen molar-refractivity contribution in [1.29, 1.82) is 0 Å². The van der Waals surface area contributed by atoms with Crippen molar-refractivity contribution >= 4 is 11.6 Å². The highest BCUT2D eigenvalue weighted by atomic mass is 16.5. The van der Waals surface area contributed by atoms with E-state index in [1.165, 1.54) is 6.92 Å². The molecule has 1 aromatic heterocycles. The molecule has 7 heteroatoms. The van der Waals surface area contributed by atoms with Crippen molar-refractivity contribution in [3.8, 4) is 17.2 Å². The number of Topliss-reactive ketones (excluding diaryl/α,β-unsaturated/α-hetero) is 1. The van der Waals surface area contributed by atoms with Crippen LogP contribution in [0.3, 0.4) is 0 Å². The molecule has 0 aliphatic heterocycles. The third-order valence-corrected chi connectivity index (χ3v) is 3.94. The number of nitrogens with zero attached hydrogens (tertiary/aromatic N) is 3. The van der Waals surface area contributed by atoms with E-state index in [9.17, 15) is 4.79 Å². The molecule has 0 radical (unpaired) electrons. The Labute approximate surface area is 157 Å². The van der Waals surface area contributed by atoms with Crippen LogP contribution in [0.1, 0.15) is 23.8 Å². The second kappa shape index (κ2) is 8.84. The lowest BCUT2D eigenvalue weighted by Crippen LogP contribution is -2.13. The molecule has 27 heavy (non-hydrogen) atoms. The highest BCUT2D eigenvalue weighted by molar-refractivity contribution is 5.96. The summed E-state index contributed by atoms with van der Waals surface area (Å²) in [7, 11) is 1.62. The van der Waals surface area contributed by atoms with E-state index in [4.69, 9.17) is 9.47 Å². The molecule has 0 atom stereocenters. The number of methoxy groups -OCH3 is 1. The number of rotatable bonds is 9. The van der Waals surface area contributed by atoms with Crippen molar-refractivity contribution in [2.24, 2.45) is 0 Å². The average molecular weight is 366 g/mol. The second-order valence-electron chi connectivity index (χ2n) is 5.87. The third-order valence-electron chi connectivity index (χ3n) is 3.94. The maximum atomic E-state index is 11.9. The number of hydrogen-bond donors (Lipinski definition) is 1. The fourth-order valence-electron chi connectivity index (χ4n) is 2.63. The summed E-state index contributed by atoms with van der Waals surface area (Å²) in [5.41, 5.74) is 1.16. The van der Waals surface area contributed by atoms with Crippen LogP contribution < -0.4 is 14.8 Å². The van der Waals surface area contributed by atoms with Crippen LogP contribution in [0.5, 0.6) is 11.5 Å². The van der Waals surface area contributed by atoms with E-state index in [1.54, 1.807) is 11.8 Å². The lowest BCUT2D eigenvalue weighted by molar-refractivity contribution is 0.101. The summed E-state index contributed by atoms with van der Waals surface area (Å²) in [4.78, 5) is 11.9. The topological polar surface area (TPSA) is 78.3 Å². The molecule has 1 N–H and O–H groups in total. The second-order valence-corrected chi connectivity index (χ2v) is 5.87. The van der Waals surface area contributed by atoms with E-state index < -0.39 is 0 Å². The summed E-state index contributed by atoms with van der Waals surface area (Å²) in [6.45, 7) is 2.60. The van der Waals surface area contributed by atoms with E-state index in [0.29, 0.717) is 36.2 Å². The smallest absolute Gasteiger partial charge is 0.183 e. The minimum absolute atomic E-state index is 0.134. The summed E-state index contributed by atoms with van der Waals surface area (Å²) < 4.78 is 12.7. The number of aromatic nitrogens is 3. The van der Waals surface area contributed by atoms with Crippen LogP contribution in [0.15, 0.2) is 54.6 Å². The predicted molar refractivity (Wildman–Crippen MR) is 103 cm³/mol. The van der Waals surface area contributed by atoms with Crippen LogP contribution in [0, 0.1) is 0 Å². The van der Waals surface area contributed by atoms with Crippen LogP contribution in [0.2, 0.25) is 0 Å². The van der Waals surface area contributed by atoms with Crippen LogP contribution in [-0.4, -0.2) is 41.0 Å². The highest BCUT2D eigenvalue weighted by Crippen LogP contribution is 2.25. The standard InChI is InChI=1S/C20H22N4O3/c1-15(25)19-20(24(23-22-19)16-9-4-3-5-10-16)21-13-8-14-27-18-12-7-6-11-17(18)26-2/h3-7,9-12,21H,8,13-14H2,1-2H3. The SMILES string of the molecule is COc1ccccc1OCCCNc1c(C(C)=O)nnn1-c1ccccc1. The van der Waals surface area contributed by atoms with Gasteiger partial charge in [0.05, 0.1) is 19.4 Å². The van der Waals surface area contributed by atoms with Gasteiger partial charge >= 0.3 is 0 Å². The van der Waals surface area contributed by atoms with Crippen molar-refractivity contribution in [2.45, 2.75) is 13.3 Å². The Kier molecular flexibility index (Phi) is 6.04. The molecule has 0 saturated carbocycles. The summed E-state index contributed by atoms with van der Waals surface area (Å²) >= 11 is 0. The molecule has 0 aliphatic rings. The maximum Gasteiger partial charge on any atom is 0.183 e. The molecule has 3 aromatic rings. The number of ether oxygens (including phenoxy) is 2. The van der Waals surface area contributed by atoms with Gasteiger partial charge < -0.3 is 14.8 Å². The zero-order valence-corrected chi connectivity index (χ0v) is 15.4. The zero-order chi connectivity index (χ0) is 19.1. The Morgan fingerprint density at radius 3 is 2.48 bits per heavy atom. The average Bonchev–Trinajstić information content (AvgIpc) is 3.13. The van der Waals surface area contributed by atoms with Gasteiger partial charge in [-0.05, 0) is 30.7 Å². The molecule has 0 unspecified atom stereocenters. The van der Waals surface area contributed by atoms with E-state index >= 15 is 0 Å². The summed E-state index contributed by atoms with van der Waals surface area (Å²) in [6, 6.07) is 17.1. The van der Waals surface area contributed by atoms with Gasteiger partial charge in [-0.2, -0.15) is 4.68 Å². The van der Waals surface area contributed by atoms with Gasteiger partial charge in [-0.25, -0.2) is 0 Å². The van der Waals surface area contributed by atoms with Gasteiger partial charge in [-0.1, -0.05) is 35.5 Å². The van der Waals surface area contributed by atoms with Gasteiger partial charge in [0.2, 0.25) is 0 Å². The van der Waals surface area contributed by atoms with Crippen molar-refractivity contribution in [3.05, 3.63) is 60.3 Å². The first-order valence-corrected chi connectivity index (χ1v) is 8.72. The number of para-hydroxylation sites is 3. The van der Waals surface area contributed by atoms with Crippen LogP contribution in [-0.2, 0) is 0 Å². The maximum absolute atomic E-state index is 11.9. The fraction of sp³-hybridized carbons (Fsp3) is 0.250. The normalized spacial score (nSPS) is 10.4. The first-order chi connectivity index (χ1) is 13.2. The van der Waals surface area contributed by atoms with Crippen LogP contribution in [0.25, 0.3) is 5.69 Å². The van der Waals surface area contributed by atoms with Gasteiger partial charge in [0.1, 0.15) is 0 Å². The molecule has 0 fully saturated rings. The van der Waals surface area contributed by atoms with E-state index in [0.717, 1.165) is 12.1 Å². The molecule has 7 nitrogen and oxygen atoms in total. The van der Waals surface area contributed by atoms with Gasteiger partial charge in [0.25, 0.3) is 0 Å². The van der Waals surface area contributed by atoms with Crippen LogP contribution in [0.4, 0.5) is 5.82 Å². The van der Waals surface area contributed by atoms with Crippen molar-refractivity contribution in [2.75, 3.05) is 25.6 Å². The van der Waals surface area contributed by atoms with Crippen molar-refractivity contribution in [3.63, 3.8) is 0 Å². The Bertz CT molecular complexity index is 893. The number of carbonyl (C=O) groups is 1. The fourth-order valence-corrected chi connectivity index (χ4v) is 2.63. The predicted octanol–water partition coefficient (Wildman–Crippen LogP) is 3.36. The molecule has 1 heterocycles. The zero-order valence-electron chi connectivity index (χ0n) is 15.4. The van der Waals surface area contributed by atoms with E-state index in [1.807, 2.05) is 54.6 Å². The Morgan fingerprint density at radius 2 is 1.78 bits per heavy atom. The van der Waals surface area contributed by atoms with Gasteiger partial charge in [0, 0.05) is 13.5 Å². The number of benzene rings is 2. The molecule has 0 amide bonds. The Hall–Kier alpha value is -3.35. The number of ketones is 1. The number of hydrogen-bond acceptors (Lipinski definition) is 6. The monoisotopic (exact) mass is 366 g/mol.